The van der Waals surface area contributed by atoms with E-state index in [1.54, 1.807) is 11.1 Å². The van der Waals surface area contributed by atoms with Crippen LogP contribution >= 0.6 is 11.8 Å². The second kappa shape index (κ2) is 7.52. The number of carbonyl (C=O) groups is 1. The lowest BCUT2D eigenvalue weighted by Crippen LogP contribution is -2.50. The average Bonchev–Trinajstić information content (AvgIpc) is 2.71. The van der Waals surface area contributed by atoms with Gasteiger partial charge in [0.2, 0.25) is 0 Å². The van der Waals surface area contributed by atoms with Gasteiger partial charge in [-0.1, -0.05) is 48.2 Å². The minimum Gasteiger partial charge on any atom is -0.378 e. The fourth-order valence-corrected chi connectivity index (χ4v) is 3.78. The molecule has 142 valence electrons. The molecule has 1 atom stereocenters. The third-order valence-corrected chi connectivity index (χ3v) is 5.42. The van der Waals surface area contributed by atoms with Crippen molar-refractivity contribution in [2.75, 3.05) is 24.7 Å². The first-order valence-electron chi connectivity index (χ1n) is 8.96. The van der Waals surface area contributed by atoms with E-state index in [0.717, 1.165) is 21.8 Å². The number of rotatable bonds is 4. The maximum Gasteiger partial charge on any atom is 0.276 e. The lowest BCUT2D eigenvalue weighted by atomic mass is 10.1. The highest BCUT2D eigenvalue weighted by atomic mass is 32.2. The van der Waals surface area contributed by atoms with E-state index in [1.165, 1.54) is 11.8 Å². The van der Waals surface area contributed by atoms with Crippen LogP contribution in [0.1, 0.15) is 11.7 Å². The number of carbonyl (C=O) groups excluding carboxylic acids is 1. The van der Waals surface area contributed by atoms with Gasteiger partial charge in [0.15, 0.2) is 11.3 Å². The lowest BCUT2D eigenvalue weighted by molar-refractivity contribution is -0.116. The molecule has 2 aliphatic heterocycles. The standard InChI is InChI=1S/C21H21N5OS/c1-4-13-28-21-23-20(27)18-16-7-5-6-8-17(16)22-19(26(18)24-21)14-9-11-15(12-10-14)25(2)3/h4-12,19H,1,13H2,2-3H3,(H,23,24,27)/t19-/m0/s1. The van der Waals surface area contributed by atoms with Crippen molar-refractivity contribution >= 4 is 34.2 Å². The van der Waals surface area contributed by atoms with Gasteiger partial charge in [-0.05, 0) is 23.8 Å². The molecular weight excluding hydrogens is 370 g/mol. The molecule has 2 aliphatic rings. The van der Waals surface area contributed by atoms with Crippen molar-refractivity contribution in [2.45, 2.75) is 6.17 Å². The summed E-state index contributed by atoms with van der Waals surface area (Å²) < 4.78 is 0. The van der Waals surface area contributed by atoms with E-state index in [2.05, 4.69) is 11.9 Å². The van der Waals surface area contributed by atoms with Gasteiger partial charge in [0.25, 0.3) is 5.91 Å². The van der Waals surface area contributed by atoms with Gasteiger partial charge in [-0.3, -0.25) is 15.1 Å². The Labute approximate surface area is 167 Å². The third kappa shape index (κ3) is 3.29. The Morgan fingerprint density at radius 3 is 2.68 bits per heavy atom. The van der Waals surface area contributed by atoms with Gasteiger partial charge in [0.1, 0.15) is 5.70 Å². The second-order valence-electron chi connectivity index (χ2n) is 6.66. The predicted molar refractivity (Wildman–Crippen MR) is 114 cm³/mol. The van der Waals surface area contributed by atoms with E-state index in [1.807, 2.05) is 67.5 Å². The van der Waals surface area contributed by atoms with Crippen molar-refractivity contribution < 1.29 is 4.79 Å². The number of para-hydroxylation sites is 1. The summed E-state index contributed by atoms with van der Waals surface area (Å²) in [5.74, 6) is 0.497. The van der Waals surface area contributed by atoms with E-state index in [0.29, 0.717) is 16.6 Å². The maximum absolute atomic E-state index is 12.9. The SMILES string of the molecule is C=CCSC1=NN2C(=c3ccccc3=N[C@@H]2c2ccc(N(C)C)cc2)C(=O)N1. The molecule has 1 N–H and O–H groups in total. The summed E-state index contributed by atoms with van der Waals surface area (Å²) >= 11 is 1.44. The van der Waals surface area contributed by atoms with Crippen LogP contribution in [0.2, 0.25) is 0 Å². The zero-order valence-corrected chi connectivity index (χ0v) is 16.6. The van der Waals surface area contributed by atoms with Crippen molar-refractivity contribution in [3.8, 4) is 0 Å². The smallest absolute Gasteiger partial charge is 0.276 e. The first-order chi connectivity index (χ1) is 13.6. The maximum atomic E-state index is 12.9. The Kier molecular flexibility index (Phi) is 4.92. The van der Waals surface area contributed by atoms with Crippen LogP contribution < -0.4 is 20.8 Å². The molecular formula is C21H21N5OS. The Morgan fingerprint density at radius 1 is 1.21 bits per heavy atom. The highest BCUT2D eigenvalue weighted by molar-refractivity contribution is 8.14. The number of hydrogen-bond acceptors (Lipinski definition) is 6. The van der Waals surface area contributed by atoms with E-state index in [4.69, 9.17) is 10.1 Å². The average molecular weight is 392 g/mol. The number of nitrogens with zero attached hydrogens (tertiary/aromatic N) is 4. The molecule has 7 heteroatoms. The summed E-state index contributed by atoms with van der Waals surface area (Å²) in [6.07, 6.45) is 1.39. The second-order valence-corrected chi connectivity index (χ2v) is 7.67. The van der Waals surface area contributed by atoms with Crippen LogP contribution in [0, 0.1) is 0 Å². The van der Waals surface area contributed by atoms with Gasteiger partial charge >= 0.3 is 0 Å². The summed E-state index contributed by atoms with van der Waals surface area (Å²) in [4.78, 5) is 19.9. The molecule has 28 heavy (non-hydrogen) atoms. The quantitative estimate of drug-likeness (QED) is 0.808. The normalized spacial score (nSPS) is 17.7. The molecule has 1 amide bonds. The summed E-state index contributed by atoms with van der Waals surface area (Å²) in [6, 6.07) is 15.8. The molecule has 0 saturated heterocycles. The predicted octanol–water partition coefficient (Wildman–Crippen LogP) is 1.81. The van der Waals surface area contributed by atoms with Crippen molar-refractivity contribution in [3.63, 3.8) is 0 Å². The van der Waals surface area contributed by atoms with E-state index in [9.17, 15) is 4.79 Å². The van der Waals surface area contributed by atoms with Gasteiger partial charge in [0, 0.05) is 30.8 Å². The van der Waals surface area contributed by atoms with Gasteiger partial charge in [-0.25, -0.2) is 5.01 Å². The number of hydrogen-bond donors (Lipinski definition) is 1. The molecule has 0 aromatic heterocycles. The lowest BCUT2D eigenvalue weighted by Gasteiger charge is -2.34. The monoisotopic (exact) mass is 391 g/mol. The van der Waals surface area contributed by atoms with Crippen LogP contribution in [0.3, 0.4) is 0 Å². The molecule has 0 unspecified atom stereocenters. The molecule has 0 spiro atoms. The number of thioether (sulfide) groups is 1. The van der Waals surface area contributed by atoms with Crippen LogP contribution in [-0.2, 0) is 4.79 Å². The Bertz CT molecular complexity index is 1070. The molecule has 0 aliphatic carbocycles. The first-order valence-corrected chi connectivity index (χ1v) is 9.94. The topological polar surface area (TPSA) is 60.3 Å². The number of amides is 1. The summed E-state index contributed by atoms with van der Waals surface area (Å²) in [6.45, 7) is 3.73. The Balaban J connectivity index is 1.85. The molecule has 6 nitrogen and oxygen atoms in total. The number of hydrazone groups is 1. The van der Waals surface area contributed by atoms with E-state index in [-0.39, 0.29) is 5.91 Å². The number of fused-ring (bicyclic) bond motifs is 2. The van der Waals surface area contributed by atoms with Crippen molar-refractivity contribution in [3.05, 3.63) is 77.3 Å². The van der Waals surface area contributed by atoms with E-state index < -0.39 is 6.17 Å². The number of benzene rings is 2. The molecule has 2 aromatic rings. The molecule has 0 bridgehead atoms. The zero-order valence-electron chi connectivity index (χ0n) is 15.8. The molecule has 2 aromatic carbocycles. The van der Waals surface area contributed by atoms with Gasteiger partial charge in [0.05, 0.1) is 5.36 Å². The van der Waals surface area contributed by atoms with Crippen LogP contribution in [0.15, 0.2) is 71.3 Å². The number of nitrogens with one attached hydrogen (secondary N) is 1. The third-order valence-electron chi connectivity index (χ3n) is 4.56. The van der Waals surface area contributed by atoms with Crippen LogP contribution in [0.5, 0.6) is 0 Å². The summed E-state index contributed by atoms with van der Waals surface area (Å²) in [5.41, 5.74) is 2.60. The molecule has 4 rings (SSSR count). The van der Waals surface area contributed by atoms with Crippen molar-refractivity contribution in [2.24, 2.45) is 10.1 Å². The molecule has 2 heterocycles. The largest absolute Gasteiger partial charge is 0.378 e. The van der Waals surface area contributed by atoms with E-state index >= 15 is 0 Å². The Hall–Kier alpha value is -3.06. The van der Waals surface area contributed by atoms with Gasteiger partial charge in [-0.15, -0.1) is 11.7 Å². The first kappa shape index (κ1) is 18.3. The van der Waals surface area contributed by atoms with Crippen molar-refractivity contribution in [1.29, 1.82) is 0 Å². The minimum absolute atomic E-state index is 0.168. The number of amidine groups is 1. The zero-order chi connectivity index (χ0) is 19.7. The highest BCUT2D eigenvalue weighted by Crippen LogP contribution is 2.31. The molecule has 0 fully saturated rings. The van der Waals surface area contributed by atoms with Gasteiger partial charge in [-0.2, -0.15) is 0 Å². The van der Waals surface area contributed by atoms with Crippen LogP contribution in [0.25, 0.3) is 5.70 Å². The Morgan fingerprint density at radius 2 is 1.96 bits per heavy atom. The highest BCUT2D eigenvalue weighted by Gasteiger charge is 2.34. The van der Waals surface area contributed by atoms with Crippen LogP contribution in [0.4, 0.5) is 5.69 Å². The summed E-state index contributed by atoms with van der Waals surface area (Å²) in [7, 11) is 4.01. The summed E-state index contributed by atoms with van der Waals surface area (Å²) in [5, 5.41) is 11.5. The van der Waals surface area contributed by atoms with Crippen LogP contribution in [-0.4, -0.2) is 35.9 Å². The number of anilines is 1. The minimum atomic E-state index is -0.397. The van der Waals surface area contributed by atoms with Crippen molar-refractivity contribution in [1.82, 2.24) is 10.3 Å². The molecule has 0 saturated carbocycles. The molecule has 0 radical (unpaired) electrons. The fraction of sp³-hybridized carbons (Fsp3) is 0.190. The van der Waals surface area contributed by atoms with Gasteiger partial charge < -0.3 is 4.90 Å². The fourth-order valence-electron chi connectivity index (χ4n) is 3.19.